The first-order chi connectivity index (χ1) is 10.1. The summed E-state index contributed by atoms with van der Waals surface area (Å²) in [5.74, 6) is 0.733. The third-order valence-corrected chi connectivity index (χ3v) is 5.43. The van der Waals surface area contributed by atoms with Gasteiger partial charge in [0.1, 0.15) is 0 Å². The minimum absolute atomic E-state index is 0.697. The maximum absolute atomic E-state index is 3.87. The Bertz CT molecular complexity index is 279. The number of hydrogen-bond donors (Lipinski definition) is 1. The first kappa shape index (κ1) is 17.2. The van der Waals surface area contributed by atoms with Crippen LogP contribution < -0.4 is 5.32 Å². The average molecular weight is 297 g/mol. The van der Waals surface area contributed by atoms with Crippen molar-refractivity contribution in [2.75, 3.05) is 59.4 Å². The van der Waals surface area contributed by atoms with Crippen molar-refractivity contribution in [3.05, 3.63) is 0 Å². The van der Waals surface area contributed by atoms with E-state index in [0.717, 1.165) is 18.5 Å². The molecule has 0 spiro atoms. The normalized spacial score (nSPS) is 25.6. The monoisotopic (exact) mass is 296 g/mol. The van der Waals surface area contributed by atoms with Gasteiger partial charge in [0.2, 0.25) is 0 Å². The molecule has 0 aromatic carbocycles. The van der Waals surface area contributed by atoms with Gasteiger partial charge in [-0.1, -0.05) is 20.8 Å². The number of piperidine rings is 1. The second kappa shape index (κ2) is 8.47. The molecule has 2 aliphatic rings. The lowest BCUT2D eigenvalue weighted by molar-refractivity contribution is 0.0835. The van der Waals surface area contributed by atoms with Crippen LogP contribution >= 0.6 is 0 Å². The summed E-state index contributed by atoms with van der Waals surface area (Å²) in [7, 11) is 2.24. The highest BCUT2D eigenvalue weighted by atomic mass is 15.3. The molecule has 0 saturated carbocycles. The minimum Gasteiger partial charge on any atom is -0.312 e. The van der Waals surface area contributed by atoms with E-state index in [-0.39, 0.29) is 0 Å². The molecular weight excluding hydrogens is 260 g/mol. The lowest BCUT2D eigenvalue weighted by Gasteiger charge is -2.41. The topological polar surface area (TPSA) is 21.8 Å². The standard InChI is InChI=1S/C17H36N4/c1-5-20-8-6-16(7-9-20)18-14-17(15(2)3)21-12-10-19(4)11-13-21/h15-18H,5-14H2,1-4H3. The molecule has 2 aliphatic heterocycles. The molecule has 4 heteroatoms. The van der Waals surface area contributed by atoms with Crippen molar-refractivity contribution in [2.24, 2.45) is 5.92 Å². The van der Waals surface area contributed by atoms with Gasteiger partial charge < -0.3 is 15.1 Å². The highest BCUT2D eigenvalue weighted by Crippen LogP contribution is 2.15. The number of likely N-dealkylation sites (N-methyl/N-ethyl adjacent to an activating group) is 1. The van der Waals surface area contributed by atoms with Crippen LogP contribution in [-0.2, 0) is 0 Å². The Morgan fingerprint density at radius 2 is 1.62 bits per heavy atom. The second-order valence-electron chi connectivity index (χ2n) is 7.27. The molecule has 0 bridgehead atoms. The molecule has 1 atom stereocenters. The summed E-state index contributed by atoms with van der Waals surface area (Å²) in [6, 6.07) is 1.43. The van der Waals surface area contributed by atoms with Crippen molar-refractivity contribution < 1.29 is 0 Å². The van der Waals surface area contributed by atoms with E-state index in [9.17, 15) is 0 Å². The molecule has 0 aliphatic carbocycles. The molecule has 0 radical (unpaired) electrons. The van der Waals surface area contributed by atoms with Gasteiger partial charge in [-0.25, -0.2) is 0 Å². The number of piperazine rings is 1. The molecule has 1 N–H and O–H groups in total. The zero-order valence-electron chi connectivity index (χ0n) is 14.6. The van der Waals surface area contributed by atoms with Crippen LogP contribution in [0.5, 0.6) is 0 Å². The van der Waals surface area contributed by atoms with Gasteiger partial charge in [0.25, 0.3) is 0 Å². The first-order valence-corrected chi connectivity index (χ1v) is 8.98. The number of likely N-dealkylation sites (tertiary alicyclic amines) is 1. The Morgan fingerprint density at radius 1 is 1.00 bits per heavy atom. The van der Waals surface area contributed by atoms with Crippen molar-refractivity contribution in [1.82, 2.24) is 20.0 Å². The van der Waals surface area contributed by atoms with Crippen molar-refractivity contribution in [1.29, 1.82) is 0 Å². The Labute approximate surface area is 131 Å². The smallest absolute Gasteiger partial charge is 0.0244 e. The molecule has 0 aromatic heterocycles. The molecule has 1 unspecified atom stereocenters. The number of nitrogens with zero attached hydrogens (tertiary/aromatic N) is 3. The quantitative estimate of drug-likeness (QED) is 0.798. The molecule has 2 fully saturated rings. The summed E-state index contributed by atoms with van der Waals surface area (Å²) in [6.07, 6.45) is 2.64. The van der Waals surface area contributed by atoms with Crippen LogP contribution in [0.1, 0.15) is 33.6 Å². The molecule has 124 valence electrons. The maximum Gasteiger partial charge on any atom is 0.0244 e. The van der Waals surface area contributed by atoms with Gasteiger partial charge in [-0.05, 0) is 45.4 Å². The molecule has 21 heavy (non-hydrogen) atoms. The number of rotatable bonds is 6. The van der Waals surface area contributed by atoms with E-state index in [1.807, 2.05) is 0 Å². The van der Waals surface area contributed by atoms with E-state index in [1.54, 1.807) is 0 Å². The van der Waals surface area contributed by atoms with E-state index in [2.05, 4.69) is 47.8 Å². The van der Waals surface area contributed by atoms with E-state index < -0.39 is 0 Å². The highest BCUT2D eigenvalue weighted by Gasteiger charge is 2.26. The third-order valence-electron chi connectivity index (χ3n) is 5.43. The molecule has 0 aromatic rings. The SMILES string of the molecule is CCN1CCC(NCC(C(C)C)N2CCN(C)CC2)CC1. The minimum atomic E-state index is 0.697. The highest BCUT2D eigenvalue weighted by molar-refractivity contribution is 4.84. The predicted octanol–water partition coefficient (Wildman–Crippen LogP) is 1.33. The zero-order chi connectivity index (χ0) is 15.2. The second-order valence-corrected chi connectivity index (χ2v) is 7.27. The fraction of sp³-hybridized carbons (Fsp3) is 1.00. The summed E-state index contributed by atoms with van der Waals surface area (Å²) in [5, 5.41) is 3.87. The van der Waals surface area contributed by atoms with Crippen molar-refractivity contribution in [3.63, 3.8) is 0 Å². The number of hydrogen-bond acceptors (Lipinski definition) is 4. The van der Waals surface area contributed by atoms with Gasteiger partial charge in [0.05, 0.1) is 0 Å². The van der Waals surface area contributed by atoms with Crippen LogP contribution in [0.3, 0.4) is 0 Å². The maximum atomic E-state index is 3.87. The Morgan fingerprint density at radius 3 is 2.14 bits per heavy atom. The van der Waals surface area contributed by atoms with Crippen LogP contribution in [0.2, 0.25) is 0 Å². The number of nitrogens with one attached hydrogen (secondary N) is 1. The van der Waals surface area contributed by atoms with Crippen LogP contribution in [0.25, 0.3) is 0 Å². The summed E-state index contributed by atoms with van der Waals surface area (Å²) in [4.78, 5) is 7.72. The molecular formula is C17H36N4. The van der Waals surface area contributed by atoms with Gasteiger partial charge in [-0.3, -0.25) is 4.90 Å². The predicted molar refractivity (Wildman–Crippen MR) is 90.8 cm³/mol. The van der Waals surface area contributed by atoms with Crippen molar-refractivity contribution in [3.8, 4) is 0 Å². The van der Waals surface area contributed by atoms with E-state index >= 15 is 0 Å². The van der Waals surface area contributed by atoms with E-state index in [1.165, 1.54) is 58.7 Å². The van der Waals surface area contributed by atoms with E-state index in [0.29, 0.717) is 6.04 Å². The Kier molecular flexibility index (Phi) is 6.93. The van der Waals surface area contributed by atoms with Gasteiger partial charge in [0, 0.05) is 44.8 Å². The Balaban J connectivity index is 1.75. The van der Waals surface area contributed by atoms with E-state index in [4.69, 9.17) is 0 Å². The lowest BCUT2D eigenvalue weighted by Crippen LogP contribution is -2.55. The third kappa shape index (κ3) is 5.20. The van der Waals surface area contributed by atoms with Crippen LogP contribution in [0.15, 0.2) is 0 Å². The summed E-state index contributed by atoms with van der Waals surface area (Å²) >= 11 is 0. The summed E-state index contributed by atoms with van der Waals surface area (Å²) in [6.45, 7) is 16.9. The van der Waals surface area contributed by atoms with Crippen molar-refractivity contribution in [2.45, 2.75) is 45.7 Å². The summed E-state index contributed by atoms with van der Waals surface area (Å²) < 4.78 is 0. The van der Waals surface area contributed by atoms with Gasteiger partial charge in [-0.15, -0.1) is 0 Å². The summed E-state index contributed by atoms with van der Waals surface area (Å²) in [5.41, 5.74) is 0. The fourth-order valence-electron chi connectivity index (χ4n) is 3.68. The molecule has 2 heterocycles. The van der Waals surface area contributed by atoms with Gasteiger partial charge in [-0.2, -0.15) is 0 Å². The molecule has 4 nitrogen and oxygen atoms in total. The first-order valence-electron chi connectivity index (χ1n) is 8.98. The Hall–Kier alpha value is -0.160. The molecule has 2 rings (SSSR count). The largest absolute Gasteiger partial charge is 0.312 e. The van der Waals surface area contributed by atoms with Crippen LogP contribution in [-0.4, -0.2) is 86.2 Å². The lowest BCUT2D eigenvalue weighted by atomic mass is 9.99. The van der Waals surface area contributed by atoms with Gasteiger partial charge >= 0.3 is 0 Å². The van der Waals surface area contributed by atoms with Gasteiger partial charge in [0.15, 0.2) is 0 Å². The fourth-order valence-corrected chi connectivity index (χ4v) is 3.68. The molecule has 2 saturated heterocycles. The average Bonchev–Trinajstić information content (AvgIpc) is 2.49. The zero-order valence-corrected chi connectivity index (χ0v) is 14.6. The molecule has 0 amide bonds. The van der Waals surface area contributed by atoms with Crippen molar-refractivity contribution >= 4 is 0 Å². The van der Waals surface area contributed by atoms with Crippen LogP contribution in [0, 0.1) is 5.92 Å². The van der Waals surface area contributed by atoms with Crippen LogP contribution in [0.4, 0.5) is 0 Å².